The molecule has 0 aliphatic rings. The van der Waals surface area contributed by atoms with Crippen molar-refractivity contribution in [2.24, 2.45) is 0 Å². The molecule has 2 aromatic rings. The molecule has 0 unspecified atom stereocenters. The molecule has 0 saturated carbocycles. The third-order valence-electron chi connectivity index (χ3n) is 2.22. The summed E-state index contributed by atoms with van der Waals surface area (Å²) in [5.41, 5.74) is 0.102. The van der Waals surface area contributed by atoms with Gasteiger partial charge in [0, 0.05) is 12.1 Å². The molecule has 16 heavy (non-hydrogen) atoms. The van der Waals surface area contributed by atoms with E-state index in [-0.39, 0.29) is 5.63 Å². The summed E-state index contributed by atoms with van der Waals surface area (Å²) in [7, 11) is 3.12. The van der Waals surface area contributed by atoms with Crippen LogP contribution in [0.5, 0.6) is 11.5 Å². The molecule has 0 fully saturated rings. The van der Waals surface area contributed by atoms with Gasteiger partial charge in [-0.1, -0.05) is 0 Å². The molecule has 1 aromatic heterocycles. The summed E-state index contributed by atoms with van der Waals surface area (Å²) in [5, 5.41) is 0.757. The fourth-order valence-electron chi connectivity index (χ4n) is 1.46. The molecule has 0 saturated heterocycles. The van der Waals surface area contributed by atoms with Crippen molar-refractivity contribution >= 4 is 33.6 Å². The Morgan fingerprint density at radius 1 is 1.19 bits per heavy atom. The van der Waals surface area contributed by atoms with Gasteiger partial charge in [-0.15, -0.1) is 0 Å². The average Bonchev–Trinajstić information content (AvgIpc) is 2.30. The largest absolute Gasteiger partial charge is 0.496 e. The minimum absolute atomic E-state index is 0.388. The standard InChI is InChI=1S/C11H9IO4/c1-14-7-5-8(15-2)10(12)11-6(7)3-4-9(13)16-11/h3-5H,1-2H3. The van der Waals surface area contributed by atoms with Crippen LogP contribution in [-0.2, 0) is 0 Å². The Bertz CT molecular complexity index is 588. The third kappa shape index (κ3) is 1.75. The zero-order valence-corrected chi connectivity index (χ0v) is 10.9. The topological polar surface area (TPSA) is 48.7 Å². The van der Waals surface area contributed by atoms with Gasteiger partial charge in [-0.05, 0) is 28.7 Å². The number of hydrogen-bond donors (Lipinski definition) is 0. The molecule has 1 aromatic carbocycles. The van der Waals surface area contributed by atoms with E-state index in [9.17, 15) is 4.79 Å². The van der Waals surface area contributed by atoms with Crippen molar-refractivity contribution in [1.29, 1.82) is 0 Å². The van der Waals surface area contributed by atoms with Crippen molar-refractivity contribution < 1.29 is 13.9 Å². The van der Waals surface area contributed by atoms with E-state index in [1.54, 1.807) is 26.4 Å². The number of fused-ring (bicyclic) bond motifs is 1. The van der Waals surface area contributed by atoms with Crippen LogP contribution in [0.4, 0.5) is 0 Å². The summed E-state index contributed by atoms with van der Waals surface area (Å²) in [6, 6.07) is 4.82. The lowest BCUT2D eigenvalue weighted by Gasteiger charge is -2.09. The Hall–Kier alpha value is -1.24. The Morgan fingerprint density at radius 2 is 1.88 bits per heavy atom. The molecule has 1 heterocycles. The van der Waals surface area contributed by atoms with Crippen LogP contribution in [-0.4, -0.2) is 14.2 Å². The van der Waals surface area contributed by atoms with Gasteiger partial charge in [0.2, 0.25) is 0 Å². The van der Waals surface area contributed by atoms with Crippen LogP contribution in [0.2, 0.25) is 0 Å². The van der Waals surface area contributed by atoms with Gasteiger partial charge in [0.15, 0.2) is 5.58 Å². The van der Waals surface area contributed by atoms with Crippen molar-refractivity contribution in [3.05, 3.63) is 32.2 Å². The predicted octanol–water partition coefficient (Wildman–Crippen LogP) is 2.41. The van der Waals surface area contributed by atoms with Gasteiger partial charge in [-0.25, -0.2) is 4.79 Å². The van der Waals surface area contributed by atoms with Gasteiger partial charge in [0.25, 0.3) is 0 Å². The molecule has 0 radical (unpaired) electrons. The highest BCUT2D eigenvalue weighted by molar-refractivity contribution is 14.1. The van der Waals surface area contributed by atoms with Crippen molar-refractivity contribution in [3.8, 4) is 11.5 Å². The molecule has 2 rings (SSSR count). The van der Waals surface area contributed by atoms with Gasteiger partial charge in [-0.3, -0.25) is 0 Å². The molecule has 0 N–H and O–H groups in total. The van der Waals surface area contributed by atoms with Gasteiger partial charge >= 0.3 is 5.63 Å². The van der Waals surface area contributed by atoms with Gasteiger partial charge in [0.05, 0.1) is 23.2 Å². The van der Waals surface area contributed by atoms with Crippen molar-refractivity contribution in [1.82, 2.24) is 0 Å². The van der Waals surface area contributed by atoms with Crippen LogP contribution < -0.4 is 15.1 Å². The molecular formula is C11H9IO4. The van der Waals surface area contributed by atoms with Crippen LogP contribution >= 0.6 is 22.6 Å². The third-order valence-corrected chi connectivity index (χ3v) is 3.24. The van der Waals surface area contributed by atoms with E-state index in [0.29, 0.717) is 17.1 Å². The lowest BCUT2D eigenvalue weighted by atomic mass is 10.2. The van der Waals surface area contributed by atoms with Crippen LogP contribution in [0.1, 0.15) is 0 Å². The second-order valence-corrected chi connectivity index (χ2v) is 4.17. The number of halogens is 1. The molecule has 0 atom stereocenters. The zero-order chi connectivity index (χ0) is 11.7. The van der Waals surface area contributed by atoms with Crippen molar-refractivity contribution in [3.63, 3.8) is 0 Å². The minimum atomic E-state index is -0.388. The first-order valence-corrected chi connectivity index (χ1v) is 5.59. The maximum Gasteiger partial charge on any atom is 0.336 e. The zero-order valence-electron chi connectivity index (χ0n) is 8.74. The van der Waals surface area contributed by atoms with E-state index < -0.39 is 0 Å². The van der Waals surface area contributed by atoms with Crippen LogP contribution in [0, 0.1) is 3.57 Å². The molecule has 84 valence electrons. The lowest BCUT2D eigenvalue weighted by Crippen LogP contribution is -1.98. The summed E-state index contributed by atoms with van der Waals surface area (Å²) in [5.74, 6) is 1.25. The Kier molecular flexibility index (Phi) is 3.04. The highest BCUT2D eigenvalue weighted by Crippen LogP contribution is 2.35. The van der Waals surface area contributed by atoms with Crippen LogP contribution in [0.15, 0.2) is 27.4 Å². The van der Waals surface area contributed by atoms with E-state index >= 15 is 0 Å². The summed E-state index contributed by atoms with van der Waals surface area (Å²) in [4.78, 5) is 11.2. The number of benzene rings is 1. The van der Waals surface area contributed by atoms with Gasteiger partial charge < -0.3 is 13.9 Å². The number of hydrogen-bond acceptors (Lipinski definition) is 4. The molecule has 0 amide bonds. The summed E-state index contributed by atoms with van der Waals surface area (Å²) >= 11 is 2.08. The van der Waals surface area contributed by atoms with E-state index in [1.165, 1.54) is 6.07 Å². The summed E-state index contributed by atoms with van der Waals surface area (Å²) in [6.45, 7) is 0. The fourth-order valence-corrected chi connectivity index (χ4v) is 2.24. The Morgan fingerprint density at radius 3 is 2.50 bits per heavy atom. The predicted molar refractivity (Wildman–Crippen MR) is 68.3 cm³/mol. The smallest absolute Gasteiger partial charge is 0.336 e. The van der Waals surface area contributed by atoms with E-state index in [1.807, 2.05) is 0 Å². The number of ether oxygens (including phenoxy) is 2. The molecule has 4 nitrogen and oxygen atoms in total. The second kappa shape index (κ2) is 4.32. The fraction of sp³-hybridized carbons (Fsp3) is 0.182. The maximum absolute atomic E-state index is 11.2. The van der Waals surface area contributed by atoms with Crippen LogP contribution in [0.25, 0.3) is 11.0 Å². The molecule has 0 bridgehead atoms. The Labute approximate surface area is 105 Å². The van der Waals surface area contributed by atoms with Crippen molar-refractivity contribution in [2.45, 2.75) is 0 Å². The first-order valence-electron chi connectivity index (χ1n) is 4.51. The Balaban J connectivity index is 2.91. The quantitative estimate of drug-likeness (QED) is 0.626. The summed E-state index contributed by atoms with van der Waals surface area (Å²) in [6.07, 6.45) is 0. The molecule has 0 aliphatic heterocycles. The molecule has 0 spiro atoms. The monoisotopic (exact) mass is 332 g/mol. The van der Waals surface area contributed by atoms with E-state index in [2.05, 4.69) is 22.6 Å². The molecular weight excluding hydrogens is 323 g/mol. The molecule has 0 aliphatic carbocycles. The first kappa shape index (κ1) is 11.3. The van der Waals surface area contributed by atoms with Crippen LogP contribution in [0.3, 0.4) is 0 Å². The van der Waals surface area contributed by atoms with E-state index in [0.717, 1.165) is 8.96 Å². The number of methoxy groups -OCH3 is 2. The average molecular weight is 332 g/mol. The highest BCUT2D eigenvalue weighted by Gasteiger charge is 2.13. The van der Waals surface area contributed by atoms with Crippen molar-refractivity contribution in [2.75, 3.05) is 14.2 Å². The van der Waals surface area contributed by atoms with Gasteiger partial charge in [-0.2, -0.15) is 0 Å². The van der Waals surface area contributed by atoms with E-state index in [4.69, 9.17) is 13.9 Å². The molecule has 5 heteroatoms. The van der Waals surface area contributed by atoms with Gasteiger partial charge in [0.1, 0.15) is 11.5 Å². The minimum Gasteiger partial charge on any atom is -0.496 e. The number of rotatable bonds is 2. The normalized spacial score (nSPS) is 10.4. The summed E-state index contributed by atoms with van der Waals surface area (Å²) < 4.78 is 16.3. The second-order valence-electron chi connectivity index (χ2n) is 3.09. The first-order chi connectivity index (χ1) is 7.67. The maximum atomic E-state index is 11.2. The lowest BCUT2D eigenvalue weighted by molar-refractivity contribution is 0.393. The SMILES string of the molecule is COc1cc(OC)c2ccc(=O)oc2c1I. The highest BCUT2D eigenvalue weighted by atomic mass is 127.